The minimum atomic E-state index is -0.136. The lowest BCUT2D eigenvalue weighted by Gasteiger charge is -2.28. The highest BCUT2D eigenvalue weighted by atomic mass is 19.1. The Morgan fingerprint density at radius 1 is 1.50 bits per heavy atom. The summed E-state index contributed by atoms with van der Waals surface area (Å²) in [7, 11) is 0. The lowest BCUT2D eigenvalue weighted by Crippen LogP contribution is -2.19. The Kier molecular flexibility index (Phi) is 1.85. The summed E-state index contributed by atoms with van der Waals surface area (Å²) in [5.74, 6) is -0.136. The summed E-state index contributed by atoms with van der Waals surface area (Å²) in [5, 5.41) is 0. The van der Waals surface area contributed by atoms with Crippen molar-refractivity contribution in [1.29, 1.82) is 0 Å². The summed E-state index contributed by atoms with van der Waals surface area (Å²) in [6.45, 7) is 2.60. The summed E-state index contributed by atoms with van der Waals surface area (Å²) in [5.41, 5.74) is 1.73. The van der Waals surface area contributed by atoms with E-state index in [1.54, 1.807) is 13.0 Å². The van der Waals surface area contributed by atoms with Gasteiger partial charge in [-0.1, -0.05) is 12.1 Å². The van der Waals surface area contributed by atoms with E-state index < -0.39 is 0 Å². The van der Waals surface area contributed by atoms with Gasteiger partial charge >= 0.3 is 0 Å². The normalized spacial score (nSPS) is 22.0. The van der Waals surface area contributed by atoms with Crippen LogP contribution in [0.3, 0.4) is 0 Å². The van der Waals surface area contributed by atoms with Gasteiger partial charge in [0.1, 0.15) is 5.82 Å². The Labute approximate surface area is 71.2 Å². The van der Waals surface area contributed by atoms with Crippen LogP contribution >= 0.6 is 0 Å². The molecule has 1 heterocycles. The second-order valence-electron chi connectivity index (χ2n) is 3.10. The topological polar surface area (TPSA) is 9.23 Å². The standard InChI is InChI=1S/C10H11FO/c1-7-8(10-5-6-12-10)3-2-4-9(7)11/h2-4,10H,5-6H2,1H3. The molecule has 0 saturated carbocycles. The highest BCUT2D eigenvalue weighted by Gasteiger charge is 2.22. The van der Waals surface area contributed by atoms with Gasteiger partial charge in [0.15, 0.2) is 0 Å². The smallest absolute Gasteiger partial charge is 0.126 e. The van der Waals surface area contributed by atoms with E-state index in [0.29, 0.717) is 0 Å². The molecule has 1 aromatic rings. The van der Waals surface area contributed by atoms with E-state index in [4.69, 9.17) is 4.74 Å². The molecule has 0 spiro atoms. The van der Waals surface area contributed by atoms with Crippen LogP contribution in [-0.4, -0.2) is 6.61 Å². The minimum Gasteiger partial charge on any atom is -0.373 e. The van der Waals surface area contributed by atoms with Crippen molar-refractivity contribution >= 4 is 0 Å². The molecule has 1 atom stereocenters. The molecule has 0 aromatic heterocycles. The molecule has 1 nitrogen and oxygen atoms in total. The molecule has 0 amide bonds. The van der Waals surface area contributed by atoms with Gasteiger partial charge in [-0.3, -0.25) is 0 Å². The van der Waals surface area contributed by atoms with Crippen LogP contribution in [0.1, 0.15) is 23.7 Å². The zero-order valence-corrected chi connectivity index (χ0v) is 7.01. The molecule has 0 radical (unpaired) electrons. The van der Waals surface area contributed by atoms with E-state index in [-0.39, 0.29) is 11.9 Å². The number of ether oxygens (including phenoxy) is 1. The van der Waals surface area contributed by atoms with E-state index >= 15 is 0 Å². The van der Waals surface area contributed by atoms with Gasteiger partial charge in [0.05, 0.1) is 12.7 Å². The lowest BCUT2D eigenvalue weighted by atomic mass is 9.98. The first-order valence-corrected chi connectivity index (χ1v) is 4.15. The predicted octanol–water partition coefficient (Wildman–Crippen LogP) is 2.60. The van der Waals surface area contributed by atoms with Crippen LogP contribution in [0.2, 0.25) is 0 Å². The summed E-state index contributed by atoms with van der Waals surface area (Å²) < 4.78 is 18.3. The van der Waals surface area contributed by atoms with Crippen molar-refractivity contribution < 1.29 is 9.13 Å². The van der Waals surface area contributed by atoms with Crippen LogP contribution < -0.4 is 0 Å². The van der Waals surface area contributed by atoms with Crippen LogP contribution in [0.25, 0.3) is 0 Å². The van der Waals surface area contributed by atoms with E-state index in [9.17, 15) is 4.39 Å². The molecule has 1 aliphatic heterocycles. The first-order chi connectivity index (χ1) is 5.79. The Hall–Kier alpha value is -0.890. The molecule has 2 heteroatoms. The third-order valence-corrected chi connectivity index (χ3v) is 2.36. The molecule has 64 valence electrons. The SMILES string of the molecule is Cc1c(F)cccc1C1CCO1. The zero-order chi connectivity index (χ0) is 8.55. The minimum absolute atomic E-state index is 0.136. The maximum atomic E-state index is 13.0. The largest absolute Gasteiger partial charge is 0.373 e. The van der Waals surface area contributed by atoms with Gasteiger partial charge < -0.3 is 4.74 Å². The highest BCUT2D eigenvalue weighted by molar-refractivity contribution is 5.29. The molecule has 1 aromatic carbocycles. The monoisotopic (exact) mass is 166 g/mol. The van der Waals surface area contributed by atoms with E-state index in [2.05, 4.69) is 0 Å². The van der Waals surface area contributed by atoms with Gasteiger partial charge in [0, 0.05) is 6.42 Å². The third-order valence-electron chi connectivity index (χ3n) is 2.36. The van der Waals surface area contributed by atoms with Crippen molar-refractivity contribution in [2.45, 2.75) is 19.4 Å². The fourth-order valence-electron chi connectivity index (χ4n) is 1.45. The fourth-order valence-corrected chi connectivity index (χ4v) is 1.45. The molecule has 1 saturated heterocycles. The van der Waals surface area contributed by atoms with Crippen molar-refractivity contribution in [1.82, 2.24) is 0 Å². The quantitative estimate of drug-likeness (QED) is 0.623. The number of hydrogen-bond donors (Lipinski definition) is 0. The molecule has 1 fully saturated rings. The van der Waals surface area contributed by atoms with Gasteiger partial charge in [0.25, 0.3) is 0 Å². The van der Waals surface area contributed by atoms with Gasteiger partial charge in [-0.05, 0) is 24.1 Å². The van der Waals surface area contributed by atoms with E-state index in [1.807, 2.05) is 6.07 Å². The summed E-state index contributed by atoms with van der Waals surface area (Å²) in [6.07, 6.45) is 1.16. The summed E-state index contributed by atoms with van der Waals surface area (Å²) >= 11 is 0. The Balaban J connectivity index is 2.36. The van der Waals surface area contributed by atoms with E-state index in [1.165, 1.54) is 6.07 Å². The number of benzene rings is 1. The highest BCUT2D eigenvalue weighted by Crippen LogP contribution is 2.31. The molecule has 1 aliphatic rings. The molecule has 12 heavy (non-hydrogen) atoms. The predicted molar refractivity (Wildman–Crippen MR) is 44.4 cm³/mol. The number of halogens is 1. The van der Waals surface area contributed by atoms with Crippen LogP contribution in [0.15, 0.2) is 18.2 Å². The van der Waals surface area contributed by atoms with Crippen molar-refractivity contribution in [3.63, 3.8) is 0 Å². The van der Waals surface area contributed by atoms with Crippen molar-refractivity contribution in [3.05, 3.63) is 35.1 Å². The maximum absolute atomic E-state index is 13.0. The van der Waals surface area contributed by atoms with Gasteiger partial charge in [0.2, 0.25) is 0 Å². The molecule has 0 aliphatic carbocycles. The Morgan fingerprint density at radius 3 is 2.83 bits per heavy atom. The maximum Gasteiger partial charge on any atom is 0.126 e. The van der Waals surface area contributed by atoms with Gasteiger partial charge in [-0.25, -0.2) is 4.39 Å². The van der Waals surface area contributed by atoms with Gasteiger partial charge in [-0.2, -0.15) is 0 Å². The first-order valence-electron chi connectivity index (χ1n) is 4.15. The summed E-state index contributed by atoms with van der Waals surface area (Å²) in [6, 6.07) is 5.15. The average molecular weight is 166 g/mol. The first kappa shape index (κ1) is 7.74. The second-order valence-corrected chi connectivity index (χ2v) is 3.10. The van der Waals surface area contributed by atoms with Crippen LogP contribution in [-0.2, 0) is 4.74 Å². The number of hydrogen-bond acceptors (Lipinski definition) is 1. The van der Waals surface area contributed by atoms with Gasteiger partial charge in [-0.15, -0.1) is 0 Å². The molecule has 0 bridgehead atoms. The third kappa shape index (κ3) is 1.12. The zero-order valence-electron chi connectivity index (χ0n) is 7.01. The molecular formula is C10H11FO. The lowest BCUT2D eigenvalue weighted by molar-refractivity contribution is -0.0532. The fraction of sp³-hybridized carbons (Fsp3) is 0.400. The molecule has 0 N–H and O–H groups in total. The van der Waals surface area contributed by atoms with Crippen molar-refractivity contribution in [2.75, 3.05) is 6.61 Å². The summed E-state index contributed by atoms with van der Waals surface area (Å²) in [4.78, 5) is 0. The Bertz CT molecular complexity index is 292. The Morgan fingerprint density at radius 2 is 2.25 bits per heavy atom. The van der Waals surface area contributed by atoms with Crippen LogP contribution in [0.4, 0.5) is 4.39 Å². The van der Waals surface area contributed by atoms with E-state index in [0.717, 1.165) is 24.2 Å². The van der Waals surface area contributed by atoms with Crippen molar-refractivity contribution in [2.24, 2.45) is 0 Å². The molecular weight excluding hydrogens is 155 g/mol. The molecule has 1 unspecified atom stereocenters. The van der Waals surface area contributed by atoms with Crippen LogP contribution in [0.5, 0.6) is 0 Å². The second kappa shape index (κ2) is 2.87. The van der Waals surface area contributed by atoms with Crippen LogP contribution in [0, 0.1) is 12.7 Å². The van der Waals surface area contributed by atoms with Crippen molar-refractivity contribution in [3.8, 4) is 0 Å². The molecule has 2 rings (SSSR count). The number of rotatable bonds is 1. The average Bonchev–Trinajstić information content (AvgIpc) is 1.95.